The molecule has 0 saturated carbocycles. The molecule has 0 amide bonds. The highest BCUT2D eigenvalue weighted by molar-refractivity contribution is 5.75. The van der Waals surface area contributed by atoms with Crippen molar-refractivity contribution in [3.05, 3.63) is 47.3 Å². The molecule has 0 aliphatic rings. The van der Waals surface area contributed by atoms with E-state index in [1.807, 2.05) is 24.3 Å². The van der Waals surface area contributed by atoms with Crippen LogP contribution in [0.2, 0.25) is 0 Å². The monoisotopic (exact) mass is 201 g/mol. The molecule has 1 aromatic carbocycles. The minimum absolute atomic E-state index is 0.212. The number of nitrogens with zero attached hydrogens (tertiary/aromatic N) is 1. The Kier molecular flexibility index (Phi) is 2.49. The number of rotatable bonds is 3. The topological polar surface area (TPSA) is 57.8 Å². The number of H-pyrrole nitrogens is 1. The minimum Gasteiger partial charge on any atom is -0.362 e. The molecule has 0 radical (unpaired) electrons. The van der Waals surface area contributed by atoms with Crippen molar-refractivity contribution in [3.8, 4) is 0 Å². The van der Waals surface area contributed by atoms with Gasteiger partial charge in [-0.15, -0.1) is 6.58 Å². The smallest absolute Gasteiger partial charge is 0.291 e. The highest BCUT2D eigenvalue weighted by Crippen LogP contribution is 2.07. The van der Waals surface area contributed by atoms with Gasteiger partial charge in [0.1, 0.15) is 0 Å². The number of nitrogens with one attached hydrogen (secondary N) is 2. The molecule has 2 N–H and O–H groups in total. The second-order valence-corrected chi connectivity index (χ2v) is 3.10. The lowest BCUT2D eigenvalue weighted by Gasteiger charge is -2.02. The Balaban J connectivity index is 2.52. The fourth-order valence-corrected chi connectivity index (χ4v) is 1.32. The molecular weight excluding hydrogens is 190 g/mol. The quantitative estimate of drug-likeness (QED) is 0.740. The summed E-state index contributed by atoms with van der Waals surface area (Å²) in [6, 6.07) is 7.41. The molecule has 0 aliphatic heterocycles. The Morgan fingerprint density at radius 2 is 2.27 bits per heavy atom. The summed E-state index contributed by atoms with van der Waals surface area (Å²) >= 11 is 0. The van der Waals surface area contributed by atoms with Crippen LogP contribution in [0.15, 0.2) is 41.7 Å². The summed E-state index contributed by atoms with van der Waals surface area (Å²) < 4.78 is 0. The van der Waals surface area contributed by atoms with Crippen LogP contribution in [0.3, 0.4) is 0 Å². The van der Waals surface area contributed by atoms with Gasteiger partial charge in [0.15, 0.2) is 5.82 Å². The summed E-state index contributed by atoms with van der Waals surface area (Å²) in [5.74, 6) is 0.327. The Morgan fingerprint density at radius 1 is 1.47 bits per heavy atom. The molecule has 1 heterocycles. The number of benzene rings is 1. The number of hydrogen-bond donors (Lipinski definition) is 2. The average molecular weight is 201 g/mol. The van der Waals surface area contributed by atoms with E-state index >= 15 is 0 Å². The standard InChI is InChI=1S/C11H11N3O/c1-2-7-12-10-11(15)14-9-6-4-3-5-8(9)13-10/h2-6H,1,7H2,(H,12,13)(H,14,15). The number of aromatic nitrogens is 2. The fraction of sp³-hybridized carbons (Fsp3) is 0.0909. The molecule has 15 heavy (non-hydrogen) atoms. The fourth-order valence-electron chi connectivity index (χ4n) is 1.32. The van der Waals surface area contributed by atoms with Crippen LogP contribution < -0.4 is 10.9 Å². The van der Waals surface area contributed by atoms with E-state index in [-0.39, 0.29) is 5.56 Å². The van der Waals surface area contributed by atoms with Crippen LogP contribution >= 0.6 is 0 Å². The maximum atomic E-state index is 11.5. The molecule has 0 unspecified atom stereocenters. The minimum atomic E-state index is -0.212. The van der Waals surface area contributed by atoms with E-state index in [0.717, 1.165) is 11.0 Å². The van der Waals surface area contributed by atoms with Crippen LogP contribution in [0.1, 0.15) is 0 Å². The number of para-hydroxylation sites is 2. The Bertz CT molecular complexity index is 545. The zero-order valence-electron chi connectivity index (χ0n) is 8.16. The Morgan fingerprint density at radius 3 is 3.07 bits per heavy atom. The molecule has 2 rings (SSSR count). The van der Waals surface area contributed by atoms with Gasteiger partial charge in [0.25, 0.3) is 5.56 Å². The van der Waals surface area contributed by atoms with Crippen molar-refractivity contribution in [3.63, 3.8) is 0 Å². The summed E-state index contributed by atoms with van der Waals surface area (Å²) in [7, 11) is 0. The molecule has 0 saturated heterocycles. The largest absolute Gasteiger partial charge is 0.362 e. The zero-order chi connectivity index (χ0) is 10.7. The van der Waals surface area contributed by atoms with Crippen LogP contribution in [-0.2, 0) is 0 Å². The van der Waals surface area contributed by atoms with Crippen LogP contribution in [0, 0.1) is 0 Å². The van der Waals surface area contributed by atoms with Crippen molar-refractivity contribution in [2.45, 2.75) is 0 Å². The van der Waals surface area contributed by atoms with E-state index in [2.05, 4.69) is 21.9 Å². The van der Waals surface area contributed by atoms with Gasteiger partial charge in [-0.05, 0) is 12.1 Å². The van der Waals surface area contributed by atoms with Crippen LogP contribution in [-0.4, -0.2) is 16.5 Å². The van der Waals surface area contributed by atoms with Gasteiger partial charge in [-0.25, -0.2) is 4.98 Å². The molecule has 4 heteroatoms. The van der Waals surface area contributed by atoms with Crippen LogP contribution in [0.5, 0.6) is 0 Å². The van der Waals surface area contributed by atoms with E-state index in [1.54, 1.807) is 6.08 Å². The van der Waals surface area contributed by atoms with Crippen molar-refractivity contribution in [2.75, 3.05) is 11.9 Å². The number of hydrogen-bond acceptors (Lipinski definition) is 3. The average Bonchev–Trinajstić information content (AvgIpc) is 2.26. The molecule has 0 fully saturated rings. The predicted molar refractivity (Wildman–Crippen MR) is 61.1 cm³/mol. The number of anilines is 1. The van der Waals surface area contributed by atoms with Crippen molar-refractivity contribution in [1.29, 1.82) is 0 Å². The van der Waals surface area contributed by atoms with Crippen molar-refractivity contribution >= 4 is 16.9 Å². The van der Waals surface area contributed by atoms with Gasteiger partial charge in [-0.2, -0.15) is 0 Å². The molecule has 76 valence electrons. The van der Waals surface area contributed by atoms with Gasteiger partial charge >= 0.3 is 0 Å². The first kappa shape index (κ1) is 9.45. The van der Waals surface area contributed by atoms with Crippen molar-refractivity contribution in [2.24, 2.45) is 0 Å². The summed E-state index contributed by atoms with van der Waals surface area (Å²) in [6.45, 7) is 4.09. The SMILES string of the molecule is C=CCNc1nc2ccccc2[nH]c1=O. The summed E-state index contributed by atoms with van der Waals surface area (Å²) in [5.41, 5.74) is 1.30. The van der Waals surface area contributed by atoms with Crippen molar-refractivity contribution < 1.29 is 0 Å². The van der Waals surface area contributed by atoms with E-state index in [1.165, 1.54) is 0 Å². The maximum absolute atomic E-state index is 11.5. The number of aromatic amines is 1. The number of fused-ring (bicyclic) bond motifs is 1. The predicted octanol–water partition coefficient (Wildman–Crippen LogP) is 1.52. The Labute approximate surface area is 86.7 Å². The molecule has 0 spiro atoms. The van der Waals surface area contributed by atoms with Gasteiger partial charge in [0.2, 0.25) is 0 Å². The van der Waals surface area contributed by atoms with Crippen LogP contribution in [0.4, 0.5) is 5.82 Å². The first-order valence-electron chi connectivity index (χ1n) is 4.65. The molecule has 4 nitrogen and oxygen atoms in total. The zero-order valence-corrected chi connectivity index (χ0v) is 8.16. The second-order valence-electron chi connectivity index (χ2n) is 3.10. The molecule has 0 bridgehead atoms. The van der Waals surface area contributed by atoms with Gasteiger partial charge in [0.05, 0.1) is 11.0 Å². The third-order valence-electron chi connectivity index (χ3n) is 2.01. The maximum Gasteiger partial charge on any atom is 0.291 e. The van der Waals surface area contributed by atoms with Crippen LogP contribution in [0.25, 0.3) is 11.0 Å². The summed E-state index contributed by atoms with van der Waals surface area (Å²) in [6.07, 6.45) is 1.68. The molecule has 1 aromatic heterocycles. The van der Waals surface area contributed by atoms with Gasteiger partial charge in [-0.3, -0.25) is 4.79 Å². The highest BCUT2D eigenvalue weighted by atomic mass is 16.1. The lowest BCUT2D eigenvalue weighted by molar-refractivity contribution is 1.17. The highest BCUT2D eigenvalue weighted by Gasteiger charge is 2.01. The third-order valence-corrected chi connectivity index (χ3v) is 2.01. The second kappa shape index (κ2) is 3.96. The van der Waals surface area contributed by atoms with E-state index in [4.69, 9.17) is 0 Å². The summed E-state index contributed by atoms with van der Waals surface area (Å²) in [5, 5.41) is 2.88. The van der Waals surface area contributed by atoms with E-state index in [0.29, 0.717) is 12.4 Å². The molecule has 2 aromatic rings. The van der Waals surface area contributed by atoms with Crippen molar-refractivity contribution in [1.82, 2.24) is 9.97 Å². The van der Waals surface area contributed by atoms with Gasteiger partial charge in [-0.1, -0.05) is 18.2 Å². The lowest BCUT2D eigenvalue weighted by atomic mass is 10.3. The summed E-state index contributed by atoms with van der Waals surface area (Å²) in [4.78, 5) is 18.5. The van der Waals surface area contributed by atoms with E-state index in [9.17, 15) is 4.79 Å². The molecule has 0 aliphatic carbocycles. The molecular formula is C11H11N3O. The Hall–Kier alpha value is -2.10. The first-order chi connectivity index (χ1) is 7.31. The lowest BCUT2D eigenvalue weighted by Crippen LogP contribution is -2.16. The third kappa shape index (κ3) is 1.88. The van der Waals surface area contributed by atoms with Gasteiger partial charge in [0, 0.05) is 6.54 Å². The van der Waals surface area contributed by atoms with Gasteiger partial charge < -0.3 is 10.3 Å². The van der Waals surface area contributed by atoms with E-state index < -0.39 is 0 Å². The first-order valence-corrected chi connectivity index (χ1v) is 4.65. The molecule has 0 atom stereocenters. The normalized spacial score (nSPS) is 10.1.